The zero-order valence-electron chi connectivity index (χ0n) is 14.0. The first-order chi connectivity index (χ1) is 11.7. The van der Waals surface area contributed by atoms with E-state index in [1.54, 1.807) is 24.8 Å². The molecule has 0 N–H and O–H groups in total. The zero-order valence-corrected chi connectivity index (χ0v) is 14.0. The van der Waals surface area contributed by atoms with Crippen molar-refractivity contribution in [2.24, 2.45) is 10.8 Å². The van der Waals surface area contributed by atoms with Crippen molar-refractivity contribution in [3.05, 3.63) is 29.6 Å². The molecule has 25 heavy (non-hydrogen) atoms. The molecule has 1 aromatic rings. The first-order valence-corrected chi connectivity index (χ1v) is 7.98. The quantitative estimate of drug-likeness (QED) is 0.823. The van der Waals surface area contributed by atoms with Crippen molar-refractivity contribution in [2.75, 3.05) is 13.1 Å². The van der Waals surface area contributed by atoms with Crippen LogP contribution in [0.2, 0.25) is 0 Å². The Kier molecular flexibility index (Phi) is 3.98. The number of nitrogens with zero attached hydrogens (tertiary/aromatic N) is 4. The molecule has 0 bridgehead atoms. The van der Waals surface area contributed by atoms with Gasteiger partial charge in [-0.2, -0.15) is 19.1 Å². The van der Waals surface area contributed by atoms with Gasteiger partial charge in [0.15, 0.2) is 11.5 Å². The van der Waals surface area contributed by atoms with E-state index < -0.39 is 23.3 Å². The molecule has 1 aliphatic heterocycles. The van der Waals surface area contributed by atoms with Crippen molar-refractivity contribution in [3.63, 3.8) is 0 Å². The Hall–Kier alpha value is -2.56. The van der Waals surface area contributed by atoms with E-state index in [9.17, 15) is 23.6 Å². The van der Waals surface area contributed by atoms with Crippen LogP contribution in [0.15, 0.2) is 23.9 Å². The Morgan fingerprint density at radius 3 is 2.76 bits per heavy atom. The molecule has 3 rings (SSSR count). The van der Waals surface area contributed by atoms with Crippen LogP contribution in [0.4, 0.5) is 8.78 Å². The number of nitriles is 1. The lowest BCUT2D eigenvalue weighted by atomic mass is 9.64. The minimum Gasteiger partial charge on any atom is -0.336 e. The third kappa shape index (κ3) is 2.95. The lowest BCUT2D eigenvalue weighted by molar-refractivity contribution is -0.125. The number of alkyl halides is 2. The van der Waals surface area contributed by atoms with Gasteiger partial charge in [-0.05, 0) is 18.9 Å². The van der Waals surface area contributed by atoms with Crippen LogP contribution >= 0.6 is 0 Å². The molecule has 0 saturated carbocycles. The first kappa shape index (κ1) is 17.3. The number of hydrogen-bond donors (Lipinski definition) is 0. The van der Waals surface area contributed by atoms with Gasteiger partial charge in [-0.3, -0.25) is 9.59 Å². The second kappa shape index (κ2) is 5.76. The molecule has 1 amide bonds. The number of halogens is 2. The first-order valence-electron chi connectivity index (χ1n) is 7.98. The topological polar surface area (TPSA) is 79.0 Å². The standard InChI is InChI=1S/C17H18F2N4O2/c1-16(2)9-17(7-11(8-20)13(16)24)4-6-22(10-17)14(25)12-3-5-23(21-12)15(18)19/h3,5,7,15H,4,6,9-10H2,1-2H3/t17-/m0/s1. The van der Waals surface area contributed by atoms with Crippen LogP contribution in [-0.2, 0) is 4.79 Å². The number of aromatic nitrogens is 2. The van der Waals surface area contributed by atoms with E-state index in [4.69, 9.17) is 0 Å². The summed E-state index contributed by atoms with van der Waals surface area (Å²) in [5.41, 5.74) is -1.01. The van der Waals surface area contributed by atoms with Gasteiger partial charge in [-0.1, -0.05) is 19.9 Å². The maximum absolute atomic E-state index is 12.6. The predicted molar refractivity (Wildman–Crippen MR) is 83.5 cm³/mol. The summed E-state index contributed by atoms with van der Waals surface area (Å²) in [6.07, 6.45) is 3.92. The van der Waals surface area contributed by atoms with Crippen LogP contribution in [-0.4, -0.2) is 39.5 Å². The summed E-state index contributed by atoms with van der Waals surface area (Å²) in [7, 11) is 0. The van der Waals surface area contributed by atoms with Crippen molar-refractivity contribution in [2.45, 2.75) is 33.2 Å². The highest BCUT2D eigenvalue weighted by atomic mass is 19.3. The molecule has 2 aliphatic rings. The van der Waals surface area contributed by atoms with Gasteiger partial charge in [-0.15, -0.1) is 0 Å². The minimum atomic E-state index is -2.79. The fourth-order valence-corrected chi connectivity index (χ4v) is 3.88. The van der Waals surface area contributed by atoms with Gasteiger partial charge in [-0.25, -0.2) is 4.68 Å². The fraction of sp³-hybridized carbons (Fsp3) is 0.529. The highest BCUT2D eigenvalue weighted by molar-refractivity contribution is 6.03. The highest BCUT2D eigenvalue weighted by Gasteiger charge is 2.49. The van der Waals surface area contributed by atoms with Gasteiger partial charge < -0.3 is 4.90 Å². The number of allylic oxidation sites excluding steroid dienone is 1. The number of rotatable bonds is 2. The van der Waals surface area contributed by atoms with Gasteiger partial charge in [0.25, 0.3) is 5.91 Å². The molecule has 1 atom stereocenters. The molecule has 2 heterocycles. The number of hydrogen-bond acceptors (Lipinski definition) is 4. The summed E-state index contributed by atoms with van der Waals surface area (Å²) in [4.78, 5) is 26.4. The molecule has 1 fully saturated rings. The van der Waals surface area contributed by atoms with Crippen LogP contribution in [0.5, 0.6) is 0 Å². The van der Waals surface area contributed by atoms with Crippen LogP contribution in [0.3, 0.4) is 0 Å². The molecule has 8 heteroatoms. The summed E-state index contributed by atoms with van der Waals surface area (Å²) < 4.78 is 25.7. The monoisotopic (exact) mass is 348 g/mol. The third-order valence-electron chi connectivity index (χ3n) is 4.92. The van der Waals surface area contributed by atoms with Crippen LogP contribution < -0.4 is 0 Å². The van der Waals surface area contributed by atoms with E-state index in [0.29, 0.717) is 30.6 Å². The Morgan fingerprint density at radius 1 is 1.44 bits per heavy atom. The molecule has 1 aliphatic carbocycles. The zero-order chi connectivity index (χ0) is 18.4. The van der Waals surface area contributed by atoms with Crippen LogP contribution in [0, 0.1) is 22.2 Å². The third-order valence-corrected chi connectivity index (χ3v) is 4.92. The van der Waals surface area contributed by atoms with Gasteiger partial charge in [0.1, 0.15) is 6.07 Å². The van der Waals surface area contributed by atoms with Crippen molar-refractivity contribution < 1.29 is 18.4 Å². The number of Topliss-reactive ketones (excluding diaryl/α,β-unsaturated/α-hetero) is 1. The number of carbonyl (C=O) groups is 2. The van der Waals surface area contributed by atoms with E-state index in [1.807, 2.05) is 6.07 Å². The summed E-state index contributed by atoms with van der Waals surface area (Å²) in [5.74, 6) is -0.598. The van der Waals surface area contributed by atoms with Crippen molar-refractivity contribution >= 4 is 11.7 Å². The Labute approximate surface area is 143 Å². The van der Waals surface area contributed by atoms with E-state index in [1.165, 1.54) is 6.07 Å². The predicted octanol–water partition coefficient (Wildman–Crippen LogP) is 2.56. The second-order valence-corrected chi connectivity index (χ2v) is 7.36. The second-order valence-electron chi connectivity index (χ2n) is 7.36. The van der Waals surface area contributed by atoms with Gasteiger partial charge in [0.2, 0.25) is 0 Å². The average Bonchev–Trinajstić information content (AvgIpc) is 3.18. The number of amides is 1. The average molecular weight is 348 g/mol. The lowest BCUT2D eigenvalue weighted by Gasteiger charge is -2.38. The fourth-order valence-electron chi connectivity index (χ4n) is 3.88. The van der Waals surface area contributed by atoms with E-state index in [-0.39, 0.29) is 17.1 Å². The summed E-state index contributed by atoms with van der Waals surface area (Å²) >= 11 is 0. The highest BCUT2D eigenvalue weighted by Crippen LogP contribution is 2.48. The largest absolute Gasteiger partial charge is 0.336 e. The number of ketones is 1. The molecule has 6 nitrogen and oxygen atoms in total. The maximum Gasteiger partial charge on any atom is 0.333 e. The van der Waals surface area contributed by atoms with E-state index in [0.717, 1.165) is 6.20 Å². The Morgan fingerprint density at radius 2 is 2.16 bits per heavy atom. The molecular weight excluding hydrogens is 330 g/mol. The number of likely N-dealkylation sites (tertiary alicyclic amines) is 1. The minimum absolute atomic E-state index is 0.0343. The molecule has 0 unspecified atom stereocenters. The van der Waals surface area contributed by atoms with E-state index in [2.05, 4.69) is 5.10 Å². The Balaban J connectivity index is 1.83. The Bertz CT molecular complexity index is 806. The summed E-state index contributed by atoms with van der Waals surface area (Å²) in [6.45, 7) is 1.58. The van der Waals surface area contributed by atoms with Crippen molar-refractivity contribution in [1.29, 1.82) is 5.26 Å². The lowest BCUT2D eigenvalue weighted by Crippen LogP contribution is -2.40. The van der Waals surface area contributed by atoms with Gasteiger partial charge >= 0.3 is 6.55 Å². The SMILES string of the molecule is CC1(C)C[C@@]2(C=C(C#N)C1=O)CCN(C(=O)c1ccn(C(F)F)n1)C2. The van der Waals surface area contributed by atoms with Crippen LogP contribution in [0.25, 0.3) is 0 Å². The van der Waals surface area contributed by atoms with Crippen LogP contribution in [0.1, 0.15) is 43.7 Å². The van der Waals surface area contributed by atoms with Gasteiger partial charge in [0, 0.05) is 30.1 Å². The number of carbonyl (C=O) groups excluding carboxylic acids is 2. The maximum atomic E-state index is 12.6. The molecule has 1 saturated heterocycles. The molecule has 1 spiro atoms. The smallest absolute Gasteiger partial charge is 0.333 e. The normalized spacial score (nSPS) is 25.4. The molecule has 0 radical (unpaired) electrons. The van der Waals surface area contributed by atoms with E-state index >= 15 is 0 Å². The van der Waals surface area contributed by atoms with Crippen molar-refractivity contribution in [1.82, 2.24) is 14.7 Å². The summed E-state index contributed by atoms with van der Waals surface area (Å²) in [5, 5.41) is 12.9. The van der Waals surface area contributed by atoms with Gasteiger partial charge in [0.05, 0.1) is 5.57 Å². The summed E-state index contributed by atoms with van der Waals surface area (Å²) in [6, 6.07) is 3.23. The molecule has 132 valence electrons. The van der Waals surface area contributed by atoms with Crippen molar-refractivity contribution in [3.8, 4) is 6.07 Å². The molecule has 0 aromatic carbocycles. The molecular formula is C17H18F2N4O2. The molecule has 1 aromatic heterocycles.